The number of benzene rings is 2. The van der Waals surface area contributed by atoms with E-state index in [9.17, 15) is 18.0 Å². The molecule has 1 heterocycles. The molecule has 1 aliphatic carbocycles. The van der Waals surface area contributed by atoms with Gasteiger partial charge in [0.05, 0.1) is 0 Å². The first-order chi connectivity index (χ1) is 15.3. The molecule has 0 aliphatic heterocycles. The second-order valence-electron chi connectivity index (χ2n) is 7.01. The number of tetrazole rings is 1. The van der Waals surface area contributed by atoms with Crippen LogP contribution >= 0.6 is 15.9 Å². The highest BCUT2D eigenvalue weighted by Crippen LogP contribution is 2.45. The van der Waals surface area contributed by atoms with Crippen LogP contribution in [0.4, 0.5) is 23.7 Å². The van der Waals surface area contributed by atoms with E-state index in [0.29, 0.717) is 10.2 Å². The molecule has 164 valence electrons. The van der Waals surface area contributed by atoms with E-state index in [1.807, 2.05) is 6.07 Å². The summed E-state index contributed by atoms with van der Waals surface area (Å²) in [6, 6.07) is 14.5. The van der Waals surface area contributed by atoms with Crippen LogP contribution in [0.25, 0.3) is 5.57 Å². The first-order valence-electron chi connectivity index (χ1n) is 9.40. The molecule has 0 radical (unpaired) electrons. The quantitative estimate of drug-likeness (QED) is 0.443. The zero-order valence-corrected chi connectivity index (χ0v) is 17.9. The van der Waals surface area contributed by atoms with Gasteiger partial charge in [-0.25, -0.2) is 4.79 Å². The fourth-order valence-corrected chi connectivity index (χ4v) is 3.85. The number of carbonyl (C=O) groups is 1. The van der Waals surface area contributed by atoms with Gasteiger partial charge in [0.25, 0.3) is 0 Å². The number of nitrogens with zero attached hydrogens (tertiary/aromatic N) is 3. The number of anilines is 1. The lowest BCUT2D eigenvalue weighted by Crippen LogP contribution is -2.60. The van der Waals surface area contributed by atoms with E-state index in [2.05, 4.69) is 47.2 Å². The summed E-state index contributed by atoms with van der Waals surface area (Å²) in [5.41, 5.74) is -2.10. The molecule has 0 bridgehead atoms. The van der Waals surface area contributed by atoms with E-state index in [1.54, 1.807) is 48.5 Å². The van der Waals surface area contributed by atoms with E-state index in [0.717, 1.165) is 11.6 Å². The highest BCUT2D eigenvalue weighted by atomic mass is 79.9. The number of hydrogen-bond acceptors (Lipinski definition) is 4. The summed E-state index contributed by atoms with van der Waals surface area (Å²) in [6.07, 6.45) is -1.19. The maximum atomic E-state index is 14.5. The SMILES string of the molecule is O=C(Nc1cccc(Br)c1)NC1(C(F)(F)F)C=CC(c2ccccc2)C=C1c1nn[nH]n1. The number of nitrogens with one attached hydrogen (secondary N) is 3. The van der Waals surface area contributed by atoms with Crippen LogP contribution in [-0.4, -0.2) is 38.4 Å². The van der Waals surface area contributed by atoms with Gasteiger partial charge in [0.15, 0.2) is 5.54 Å². The molecular formula is C21H16BrF3N6O. The molecule has 3 aromatic rings. The Labute approximate surface area is 188 Å². The van der Waals surface area contributed by atoms with Crippen LogP contribution in [0.2, 0.25) is 0 Å². The third-order valence-electron chi connectivity index (χ3n) is 4.94. The normalized spacial score (nSPS) is 20.5. The highest BCUT2D eigenvalue weighted by molar-refractivity contribution is 9.10. The van der Waals surface area contributed by atoms with Gasteiger partial charge in [-0.3, -0.25) is 0 Å². The topological polar surface area (TPSA) is 95.6 Å². The standard InChI is InChI=1S/C21H16BrF3N6O/c22-15-7-4-8-16(12-15)26-19(32)27-20(21(23,24)25)10-9-14(13-5-2-1-3-6-13)11-17(20)18-28-30-31-29-18/h1-12,14H,(H2,26,27,32)(H,28,29,30,31). The number of rotatable bonds is 4. The molecule has 7 nitrogen and oxygen atoms in total. The van der Waals surface area contributed by atoms with Crippen molar-refractivity contribution in [1.82, 2.24) is 25.9 Å². The van der Waals surface area contributed by atoms with Crippen LogP contribution in [-0.2, 0) is 0 Å². The molecule has 32 heavy (non-hydrogen) atoms. The lowest BCUT2D eigenvalue weighted by Gasteiger charge is -2.38. The van der Waals surface area contributed by atoms with Gasteiger partial charge in [-0.2, -0.15) is 18.4 Å². The summed E-state index contributed by atoms with van der Waals surface area (Å²) in [5.74, 6) is -0.745. The largest absolute Gasteiger partial charge is 0.419 e. The van der Waals surface area contributed by atoms with Gasteiger partial charge in [-0.05, 0) is 35.1 Å². The predicted octanol–water partition coefficient (Wildman–Crippen LogP) is 4.82. The molecule has 0 fully saturated rings. The van der Waals surface area contributed by atoms with E-state index in [-0.39, 0.29) is 11.4 Å². The molecule has 0 spiro atoms. The zero-order valence-electron chi connectivity index (χ0n) is 16.3. The summed E-state index contributed by atoms with van der Waals surface area (Å²) in [5, 5.41) is 17.6. The lowest BCUT2D eigenvalue weighted by atomic mass is 9.78. The van der Waals surface area contributed by atoms with Crippen molar-refractivity contribution in [2.24, 2.45) is 0 Å². The maximum absolute atomic E-state index is 14.5. The Morgan fingerprint density at radius 2 is 1.91 bits per heavy atom. The molecule has 2 atom stereocenters. The molecule has 11 heteroatoms. The lowest BCUT2D eigenvalue weighted by molar-refractivity contribution is -0.161. The Kier molecular flexibility index (Phi) is 5.83. The molecule has 2 unspecified atom stereocenters. The Hall–Kier alpha value is -3.47. The second-order valence-corrected chi connectivity index (χ2v) is 7.92. The van der Waals surface area contributed by atoms with E-state index in [4.69, 9.17) is 0 Å². The first-order valence-corrected chi connectivity index (χ1v) is 10.2. The Bertz CT molecular complexity index is 1160. The van der Waals surface area contributed by atoms with E-state index >= 15 is 0 Å². The van der Waals surface area contributed by atoms with Gasteiger partial charge in [0.2, 0.25) is 5.82 Å². The number of aromatic amines is 1. The number of allylic oxidation sites excluding steroid dienone is 2. The number of urea groups is 1. The van der Waals surface area contributed by atoms with Crippen molar-refractivity contribution in [2.45, 2.75) is 17.6 Å². The van der Waals surface area contributed by atoms with Crippen LogP contribution in [0.15, 0.2) is 77.3 Å². The Balaban J connectivity index is 1.74. The minimum atomic E-state index is -4.90. The molecule has 3 N–H and O–H groups in total. The molecule has 2 aromatic carbocycles. The van der Waals surface area contributed by atoms with Crippen molar-refractivity contribution >= 4 is 33.2 Å². The third kappa shape index (κ3) is 4.28. The predicted molar refractivity (Wildman–Crippen MR) is 116 cm³/mol. The van der Waals surface area contributed by atoms with Crippen molar-refractivity contribution in [3.63, 3.8) is 0 Å². The molecule has 0 saturated heterocycles. The average molecular weight is 505 g/mol. The number of aromatic nitrogens is 4. The van der Waals surface area contributed by atoms with Crippen molar-refractivity contribution in [3.8, 4) is 0 Å². The van der Waals surface area contributed by atoms with Crippen molar-refractivity contribution < 1.29 is 18.0 Å². The van der Waals surface area contributed by atoms with Gasteiger partial charge < -0.3 is 10.6 Å². The number of hydrogen-bond donors (Lipinski definition) is 3. The number of H-pyrrole nitrogens is 1. The average Bonchev–Trinajstić information content (AvgIpc) is 3.28. The fraction of sp³-hybridized carbons (Fsp3) is 0.143. The summed E-state index contributed by atoms with van der Waals surface area (Å²) in [6.45, 7) is 0. The monoisotopic (exact) mass is 504 g/mol. The molecular weight excluding hydrogens is 489 g/mol. The van der Waals surface area contributed by atoms with Crippen molar-refractivity contribution in [3.05, 3.63) is 88.7 Å². The maximum Gasteiger partial charge on any atom is 0.419 e. The van der Waals surface area contributed by atoms with Crippen LogP contribution < -0.4 is 10.6 Å². The minimum Gasteiger partial charge on any atom is -0.316 e. The number of halogens is 4. The van der Waals surface area contributed by atoms with Gasteiger partial charge >= 0.3 is 12.2 Å². The first kappa shape index (κ1) is 21.8. The molecule has 1 aromatic heterocycles. The van der Waals surface area contributed by atoms with Crippen molar-refractivity contribution in [1.29, 1.82) is 0 Å². The Morgan fingerprint density at radius 1 is 1.12 bits per heavy atom. The smallest absolute Gasteiger partial charge is 0.316 e. The van der Waals surface area contributed by atoms with Crippen LogP contribution in [0, 0.1) is 0 Å². The molecule has 0 saturated carbocycles. The fourth-order valence-electron chi connectivity index (χ4n) is 3.45. The third-order valence-corrected chi connectivity index (χ3v) is 5.43. The zero-order chi connectivity index (χ0) is 22.8. The summed E-state index contributed by atoms with van der Waals surface area (Å²) in [7, 11) is 0. The van der Waals surface area contributed by atoms with Crippen LogP contribution in [0.1, 0.15) is 17.3 Å². The van der Waals surface area contributed by atoms with Gasteiger partial charge in [0, 0.05) is 21.7 Å². The van der Waals surface area contributed by atoms with Gasteiger partial charge in [-0.15, -0.1) is 10.2 Å². The Morgan fingerprint density at radius 3 is 2.56 bits per heavy atom. The number of alkyl halides is 3. The van der Waals surface area contributed by atoms with E-state index in [1.165, 1.54) is 12.2 Å². The van der Waals surface area contributed by atoms with Crippen molar-refractivity contribution in [2.75, 3.05) is 5.32 Å². The number of amides is 2. The van der Waals surface area contributed by atoms with Crippen LogP contribution in [0.5, 0.6) is 0 Å². The summed E-state index contributed by atoms with van der Waals surface area (Å²) in [4.78, 5) is 12.6. The second kappa shape index (κ2) is 8.58. The highest BCUT2D eigenvalue weighted by Gasteiger charge is 2.59. The molecule has 4 rings (SSSR count). The summed E-state index contributed by atoms with van der Waals surface area (Å²) >= 11 is 3.26. The van der Waals surface area contributed by atoms with Gasteiger partial charge in [0.1, 0.15) is 0 Å². The summed E-state index contributed by atoms with van der Waals surface area (Å²) < 4.78 is 44.2. The van der Waals surface area contributed by atoms with Gasteiger partial charge in [-0.1, -0.05) is 64.5 Å². The van der Waals surface area contributed by atoms with Crippen LogP contribution in [0.3, 0.4) is 0 Å². The van der Waals surface area contributed by atoms with E-state index < -0.39 is 23.7 Å². The minimum absolute atomic E-state index is 0.268. The molecule has 2 amide bonds. The molecule has 1 aliphatic rings. The number of carbonyl (C=O) groups excluding carboxylic acids is 1.